The van der Waals surface area contributed by atoms with E-state index in [4.69, 9.17) is 10.8 Å². The van der Waals surface area contributed by atoms with Gasteiger partial charge in [-0.05, 0) is 30.7 Å². The number of carbonyl (C=O) groups excluding carboxylic acids is 1. The van der Waals surface area contributed by atoms with Crippen molar-refractivity contribution in [3.63, 3.8) is 0 Å². The number of nitrogens with zero attached hydrogens (tertiary/aromatic N) is 2. The zero-order valence-electron chi connectivity index (χ0n) is 18.5. The Morgan fingerprint density at radius 3 is 2.56 bits per heavy atom. The van der Waals surface area contributed by atoms with Gasteiger partial charge < -0.3 is 36.8 Å². The normalized spacial score (nSPS) is 15.2. The van der Waals surface area contributed by atoms with Crippen LogP contribution in [0.2, 0.25) is 0 Å². The van der Waals surface area contributed by atoms with Gasteiger partial charge in [0.1, 0.15) is 11.7 Å². The predicted octanol–water partition coefficient (Wildman–Crippen LogP) is -0.260. The smallest absolute Gasteiger partial charge is 0.326 e. The van der Waals surface area contributed by atoms with Crippen LogP contribution in [0.25, 0.3) is 0 Å². The fourth-order valence-corrected chi connectivity index (χ4v) is 3.42. The summed E-state index contributed by atoms with van der Waals surface area (Å²) >= 11 is 0. The molecule has 1 unspecified atom stereocenters. The number of nitrogens with two attached hydrogens (primary N) is 1. The number of likely N-dealkylation sites (N-methyl/N-ethyl adjacent to an activating group) is 1. The Kier molecular flexibility index (Phi) is 8.96. The molecule has 8 N–H and O–H groups in total. The second-order valence-corrected chi connectivity index (χ2v) is 7.55. The Hall–Kier alpha value is -3.67. The fourth-order valence-electron chi connectivity index (χ4n) is 3.42. The van der Waals surface area contributed by atoms with Crippen LogP contribution in [0.1, 0.15) is 23.2 Å². The summed E-state index contributed by atoms with van der Waals surface area (Å²) in [5, 5.41) is 26.6. The van der Waals surface area contributed by atoms with E-state index < -0.39 is 23.9 Å². The minimum atomic E-state index is -1.30. The molecule has 0 saturated heterocycles. The van der Waals surface area contributed by atoms with Gasteiger partial charge in [0.15, 0.2) is 5.82 Å². The molecule has 3 rings (SSSR count). The monoisotopic (exact) mass is 523 g/mol. The van der Waals surface area contributed by atoms with E-state index in [1.165, 1.54) is 12.1 Å². The number of amides is 1. The first kappa shape index (κ1) is 26.6. The maximum atomic E-state index is 12.3. The van der Waals surface area contributed by atoms with Crippen molar-refractivity contribution in [3.05, 3.63) is 40.2 Å². The Morgan fingerprint density at radius 1 is 1.26 bits per heavy atom. The molecule has 1 amide bonds. The van der Waals surface area contributed by atoms with E-state index >= 15 is 0 Å². The molecule has 0 radical (unpaired) electrons. The zero-order chi connectivity index (χ0) is 24.1. The van der Waals surface area contributed by atoms with Crippen LogP contribution in [0.3, 0.4) is 0 Å². The number of anilines is 4. The van der Waals surface area contributed by atoms with Crippen molar-refractivity contribution in [1.82, 2.24) is 15.3 Å². The van der Waals surface area contributed by atoms with Gasteiger partial charge in [0, 0.05) is 57.3 Å². The fraction of sp³-hybridized carbons (Fsp3) is 0.350. The second kappa shape index (κ2) is 11.5. The number of hydrogen-bond donors (Lipinski definition) is 7. The third kappa shape index (κ3) is 6.44. The van der Waals surface area contributed by atoms with E-state index in [1.807, 2.05) is 4.90 Å². The van der Waals surface area contributed by atoms with E-state index in [0.29, 0.717) is 24.6 Å². The number of nitrogens with one attached hydrogen (secondary N) is 4. The molecule has 1 aliphatic rings. The summed E-state index contributed by atoms with van der Waals surface area (Å²) in [5.41, 5.74) is 6.59. The molecule has 0 fully saturated rings. The predicted molar refractivity (Wildman–Crippen MR) is 121 cm³/mol. The van der Waals surface area contributed by atoms with Crippen LogP contribution >= 0.6 is 0 Å². The van der Waals surface area contributed by atoms with Crippen LogP contribution in [0.5, 0.6) is 0 Å². The number of fused-ring (bicyclic) bond motifs is 1. The number of H-pyrrole nitrogens is 1. The molecule has 34 heavy (non-hydrogen) atoms. The minimum absolute atomic E-state index is 0. The zero-order valence-corrected chi connectivity index (χ0v) is 21.5. The molecule has 1 aliphatic heterocycles. The van der Waals surface area contributed by atoms with Crippen LogP contribution in [0, 0.1) is 0 Å². The molecule has 0 spiro atoms. The molecule has 2 aromatic rings. The number of carboxylic acid groups (broad SMARTS) is 2. The topological polar surface area (TPSA) is 203 Å². The number of hydrogen-bond acceptors (Lipinski definition) is 9. The molecule has 0 bridgehead atoms. The van der Waals surface area contributed by atoms with Crippen LogP contribution in [0.15, 0.2) is 29.1 Å². The van der Waals surface area contributed by atoms with Crippen molar-refractivity contribution >= 4 is 41.0 Å². The average molecular weight is 525 g/mol. The number of carbonyl (C=O) groups is 3. The maximum Gasteiger partial charge on any atom is 0.326 e. The van der Waals surface area contributed by atoms with Gasteiger partial charge in [-0.25, -0.2) is 4.79 Å². The summed E-state index contributed by atoms with van der Waals surface area (Å²) in [6.07, 6.45) is -0.586. The molecule has 178 valence electrons. The number of rotatable bonds is 9. The Bertz CT molecular complexity index is 1110. The molecule has 14 heteroatoms. The number of nitrogen functional groups attached to an aromatic ring is 1. The van der Waals surface area contributed by atoms with Crippen molar-refractivity contribution in [1.29, 1.82) is 0 Å². The largest absolute Gasteiger partial charge is 0.481 e. The molecular formula is C20H25N7O6Zn. The van der Waals surface area contributed by atoms with Crippen LogP contribution < -0.4 is 32.1 Å². The van der Waals surface area contributed by atoms with E-state index in [0.717, 1.165) is 5.69 Å². The van der Waals surface area contributed by atoms with Crippen molar-refractivity contribution in [2.75, 3.05) is 41.4 Å². The Balaban J connectivity index is 0.00000408. The summed E-state index contributed by atoms with van der Waals surface area (Å²) in [6, 6.07) is 5.03. The Morgan fingerprint density at radius 2 is 1.94 bits per heavy atom. The van der Waals surface area contributed by atoms with Gasteiger partial charge in [-0.2, -0.15) is 4.98 Å². The van der Waals surface area contributed by atoms with Crippen molar-refractivity contribution in [2.24, 2.45) is 0 Å². The van der Waals surface area contributed by atoms with E-state index in [-0.39, 0.29) is 55.4 Å². The first-order chi connectivity index (χ1) is 15.7. The van der Waals surface area contributed by atoms with Gasteiger partial charge in [0.2, 0.25) is 5.95 Å². The Labute approximate surface area is 206 Å². The van der Waals surface area contributed by atoms with Crippen molar-refractivity contribution < 1.29 is 44.1 Å². The molecule has 1 aromatic heterocycles. The molecule has 1 aromatic carbocycles. The molecule has 2 heterocycles. The van der Waals surface area contributed by atoms with Crippen molar-refractivity contribution in [2.45, 2.75) is 24.9 Å². The molecule has 0 aliphatic carbocycles. The summed E-state index contributed by atoms with van der Waals surface area (Å²) in [7, 11) is 1.79. The minimum Gasteiger partial charge on any atom is -0.481 e. The molecule has 2 atom stereocenters. The van der Waals surface area contributed by atoms with Crippen LogP contribution in [-0.2, 0) is 29.1 Å². The summed E-state index contributed by atoms with van der Waals surface area (Å²) < 4.78 is 0. The quantitative estimate of drug-likeness (QED) is 0.213. The van der Waals surface area contributed by atoms with Gasteiger partial charge in [0.25, 0.3) is 11.5 Å². The van der Waals surface area contributed by atoms with Gasteiger partial charge in [0.05, 0.1) is 6.04 Å². The van der Waals surface area contributed by atoms with Gasteiger partial charge in [-0.3, -0.25) is 19.4 Å². The number of aromatic nitrogens is 2. The van der Waals surface area contributed by atoms with Crippen LogP contribution in [0.4, 0.5) is 23.1 Å². The van der Waals surface area contributed by atoms with Gasteiger partial charge in [-0.1, -0.05) is 0 Å². The van der Waals surface area contributed by atoms with Gasteiger partial charge in [-0.15, -0.1) is 0 Å². The number of aromatic amines is 1. The first-order valence-electron chi connectivity index (χ1n) is 10.1. The second-order valence-electron chi connectivity index (χ2n) is 7.55. The van der Waals surface area contributed by atoms with E-state index in [9.17, 15) is 24.3 Å². The summed E-state index contributed by atoms with van der Waals surface area (Å²) in [6.45, 7) is 1.01. The van der Waals surface area contributed by atoms with Crippen molar-refractivity contribution in [3.8, 4) is 0 Å². The third-order valence-corrected chi connectivity index (χ3v) is 5.26. The number of aliphatic carboxylic acids is 2. The average Bonchev–Trinajstić information content (AvgIpc) is 2.75. The maximum absolute atomic E-state index is 12.3. The molecular weight excluding hydrogens is 500 g/mol. The molecule has 0 saturated carbocycles. The van der Waals surface area contributed by atoms with E-state index in [2.05, 4.69) is 25.9 Å². The number of carboxylic acids is 2. The third-order valence-electron chi connectivity index (χ3n) is 5.26. The van der Waals surface area contributed by atoms with Gasteiger partial charge >= 0.3 is 11.9 Å². The summed E-state index contributed by atoms with van der Waals surface area (Å²) in [4.78, 5) is 54.9. The summed E-state index contributed by atoms with van der Waals surface area (Å²) in [5.74, 6) is -2.59. The molecule has 13 nitrogen and oxygen atoms in total. The number of benzene rings is 1. The first-order valence-corrected chi connectivity index (χ1v) is 10.1. The van der Waals surface area contributed by atoms with E-state index in [1.54, 1.807) is 19.2 Å². The standard InChI is InChI=1S/C20H25N7O6.Zn/c1-27-12(9-23-16-15(27)18(31)26-20(21)25-16)8-22-11-4-2-10(3-5-11)17(30)24-13(19(32)33)6-7-14(28)29;/h2-5,12-13,22H,6-9H2,1H3,(H,24,30)(H,28,29)(H,32,33)(H4,21,23,25,26,31);/t12-,13?;/m0./s1. The SMILES string of the molecule is CN1c2c(nc(N)[nH]c2=O)NC[C@@H]1CNc1ccc(C(=O)NC(CCC(=O)O)C(=O)O)cc1.[Zn]. The van der Waals surface area contributed by atoms with Crippen LogP contribution in [-0.4, -0.2) is 70.2 Å².